The van der Waals surface area contributed by atoms with Crippen molar-refractivity contribution in [1.29, 1.82) is 0 Å². The molecule has 2 rings (SSSR count). The van der Waals surface area contributed by atoms with Crippen molar-refractivity contribution in [3.05, 3.63) is 29.8 Å². The molecule has 6 heteroatoms. The first kappa shape index (κ1) is 22.1. The van der Waals surface area contributed by atoms with E-state index in [0.29, 0.717) is 12.5 Å². The average Bonchev–Trinajstić information content (AvgIpc) is 3.19. The zero-order chi connectivity index (χ0) is 20.6. The van der Waals surface area contributed by atoms with Gasteiger partial charge in [0.1, 0.15) is 5.75 Å². The molecule has 0 spiro atoms. The molecule has 28 heavy (non-hydrogen) atoms. The molecule has 1 saturated carbocycles. The molecule has 0 radical (unpaired) electrons. The van der Waals surface area contributed by atoms with E-state index in [4.69, 9.17) is 4.74 Å². The van der Waals surface area contributed by atoms with Crippen molar-refractivity contribution in [2.75, 3.05) is 41.3 Å². The number of methoxy groups -OCH3 is 1. The van der Waals surface area contributed by atoms with Crippen LogP contribution in [0.3, 0.4) is 0 Å². The lowest BCUT2D eigenvalue weighted by molar-refractivity contribution is -0.138. The molecule has 6 nitrogen and oxygen atoms in total. The van der Waals surface area contributed by atoms with Crippen LogP contribution in [0.1, 0.15) is 50.5 Å². The second-order valence-electron chi connectivity index (χ2n) is 8.00. The van der Waals surface area contributed by atoms with E-state index < -0.39 is 0 Å². The maximum absolute atomic E-state index is 12.7. The molecular weight excluding hydrogens is 352 g/mol. The smallest absolute Gasteiger partial charge is 0.230 e. The van der Waals surface area contributed by atoms with Gasteiger partial charge in [0.05, 0.1) is 12.5 Å². The summed E-state index contributed by atoms with van der Waals surface area (Å²) in [4.78, 5) is 18.7. The molecule has 0 aliphatic heterocycles. The Labute approximate surface area is 169 Å². The van der Waals surface area contributed by atoms with Gasteiger partial charge in [-0.05, 0) is 42.9 Å². The van der Waals surface area contributed by atoms with E-state index in [1.54, 1.807) is 19.1 Å². The number of rotatable bonds is 8. The molecule has 1 unspecified atom stereocenters. The second kappa shape index (κ2) is 10.3. The van der Waals surface area contributed by atoms with Crippen LogP contribution in [-0.2, 0) is 4.79 Å². The molecular formula is C22H36N4O2. The molecule has 0 bridgehead atoms. The largest absolute Gasteiger partial charge is 0.497 e. The molecule has 0 aromatic heterocycles. The number of ether oxygens (including phenoxy) is 1. The zero-order valence-electron chi connectivity index (χ0n) is 18.0. The summed E-state index contributed by atoms with van der Waals surface area (Å²) >= 11 is 0. The highest BCUT2D eigenvalue weighted by Crippen LogP contribution is 2.38. The van der Waals surface area contributed by atoms with Gasteiger partial charge < -0.3 is 20.3 Å². The topological polar surface area (TPSA) is 66.0 Å². The van der Waals surface area contributed by atoms with Crippen LogP contribution < -0.4 is 15.4 Å². The van der Waals surface area contributed by atoms with Crippen LogP contribution in [0, 0.1) is 5.41 Å². The third-order valence-electron chi connectivity index (χ3n) is 5.79. The van der Waals surface area contributed by atoms with Crippen molar-refractivity contribution in [2.24, 2.45) is 10.4 Å². The van der Waals surface area contributed by atoms with Crippen molar-refractivity contribution < 1.29 is 9.53 Å². The summed E-state index contributed by atoms with van der Waals surface area (Å²) in [5.74, 6) is 2.31. The average molecular weight is 389 g/mol. The van der Waals surface area contributed by atoms with E-state index in [-0.39, 0.29) is 11.3 Å². The van der Waals surface area contributed by atoms with Crippen LogP contribution in [0.4, 0.5) is 0 Å². The fraction of sp³-hybridized carbons (Fsp3) is 0.636. The molecule has 1 aromatic rings. The summed E-state index contributed by atoms with van der Waals surface area (Å²) in [7, 11) is 7.15. The number of carbonyl (C=O) groups excluding carboxylic acids is 1. The summed E-state index contributed by atoms with van der Waals surface area (Å²) < 4.78 is 5.22. The van der Waals surface area contributed by atoms with Crippen molar-refractivity contribution >= 4 is 11.9 Å². The number of hydrogen-bond acceptors (Lipinski definition) is 3. The minimum Gasteiger partial charge on any atom is -0.497 e. The van der Waals surface area contributed by atoms with E-state index in [2.05, 4.69) is 34.7 Å². The van der Waals surface area contributed by atoms with E-state index >= 15 is 0 Å². The lowest BCUT2D eigenvalue weighted by Gasteiger charge is -2.31. The molecule has 1 aliphatic carbocycles. The summed E-state index contributed by atoms with van der Waals surface area (Å²) in [6, 6.07) is 8.24. The van der Waals surface area contributed by atoms with Crippen LogP contribution >= 0.6 is 0 Å². The van der Waals surface area contributed by atoms with Crippen LogP contribution in [-0.4, -0.2) is 58.1 Å². The quantitative estimate of drug-likeness (QED) is 0.531. The molecule has 2 N–H and O–H groups in total. The highest BCUT2D eigenvalue weighted by atomic mass is 16.5. The minimum absolute atomic E-state index is 0.223. The molecule has 1 aromatic carbocycles. The van der Waals surface area contributed by atoms with Gasteiger partial charge in [0, 0.05) is 34.2 Å². The Kier molecular flexibility index (Phi) is 8.15. The van der Waals surface area contributed by atoms with Crippen LogP contribution in [0.15, 0.2) is 29.3 Å². The summed E-state index contributed by atoms with van der Waals surface area (Å²) in [6.07, 6.45) is 5.12. The summed E-state index contributed by atoms with van der Waals surface area (Å²) in [6.45, 7) is 3.68. The first-order valence-corrected chi connectivity index (χ1v) is 10.2. The van der Waals surface area contributed by atoms with Gasteiger partial charge in [0.2, 0.25) is 5.91 Å². The van der Waals surface area contributed by atoms with E-state index in [9.17, 15) is 4.79 Å². The predicted octanol–water partition coefficient (Wildman–Crippen LogP) is 3.00. The number of aliphatic imine (C=N–C) groups is 1. The summed E-state index contributed by atoms with van der Waals surface area (Å²) in [5.41, 5.74) is 1.00. The van der Waals surface area contributed by atoms with Gasteiger partial charge in [-0.15, -0.1) is 0 Å². The van der Waals surface area contributed by atoms with Crippen molar-refractivity contribution in [2.45, 2.75) is 44.9 Å². The molecule has 1 fully saturated rings. The number of nitrogens with one attached hydrogen (secondary N) is 2. The van der Waals surface area contributed by atoms with Gasteiger partial charge in [-0.2, -0.15) is 0 Å². The standard InChI is InChI=1S/C22H36N4O2/c1-17(18-8-10-19(28-5)11-9-18)12-15-24-21(23-2)25-16-22(13-6-7-14-22)20(27)26(3)4/h8-11,17H,6-7,12-16H2,1-5H3,(H2,23,24,25). The highest BCUT2D eigenvalue weighted by Gasteiger charge is 2.42. The number of nitrogens with zero attached hydrogens (tertiary/aromatic N) is 2. The third-order valence-corrected chi connectivity index (χ3v) is 5.79. The molecule has 1 atom stereocenters. The van der Waals surface area contributed by atoms with E-state index in [1.165, 1.54) is 5.56 Å². The summed E-state index contributed by atoms with van der Waals surface area (Å²) in [5, 5.41) is 6.78. The number of benzene rings is 1. The number of amides is 1. The van der Waals surface area contributed by atoms with Gasteiger partial charge in [0.15, 0.2) is 5.96 Å². The Balaban J connectivity index is 1.82. The Morgan fingerprint density at radius 1 is 1.21 bits per heavy atom. The van der Waals surface area contributed by atoms with Gasteiger partial charge >= 0.3 is 0 Å². The fourth-order valence-corrected chi connectivity index (χ4v) is 3.97. The minimum atomic E-state index is -0.294. The first-order chi connectivity index (χ1) is 13.4. The number of guanidine groups is 1. The fourth-order valence-electron chi connectivity index (χ4n) is 3.97. The van der Waals surface area contributed by atoms with Crippen LogP contribution in [0.5, 0.6) is 5.75 Å². The van der Waals surface area contributed by atoms with Gasteiger partial charge in [-0.1, -0.05) is 31.9 Å². The monoisotopic (exact) mass is 388 g/mol. The Hall–Kier alpha value is -2.24. The van der Waals surface area contributed by atoms with E-state index in [0.717, 1.165) is 50.4 Å². The van der Waals surface area contributed by atoms with Crippen molar-refractivity contribution in [3.63, 3.8) is 0 Å². The molecule has 1 aliphatic rings. The third kappa shape index (κ3) is 5.63. The Morgan fingerprint density at radius 3 is 2.39 bits per heavy atom. The maximum atomic E-state index is 12.7. The molecule has 0 heterocycles. The molecule has 1 amide bonds. The van der Waals surface area contributed by atoms with E-state index in [1.807, 2.05) is 26.2 Å². The molecule has 0 saturated heterocycles. The number of hydrogen-bond donors (Lipinski definition) is 2. The predicted molar refractivity (Wildman–Crippen MR) is 115 cm³/mol. The lowest BCUT2D eigenvalue weighted by Crippen LogP contribution is -2.49. The molecule has 156 valence electrons. The van der Waals surface area contributed by atoms with Crippen LogP contribution in [0.2, 0.25) is 0 Å². The first-order valence-electron chi connectivity index (χ1n) is 10.2. The lowest BCUT2D eigenvalue weighted by atomic mass is 9.84. The Morgan fingerprint density at radius 2 is 1.86 bits per heavy atom. The normalized spacial score (nSPS) is 17.1. The van der Waals surface area contributed by atoms with Crippen molar-refractivity contribution in [3.8, 4) is 5.75 Å². The van der Waals surface area contributed by atoms with Gasteiger partial charge in [-0.3, -0.25) is 9.79 Å². The van der Waals surface area contributed by atoms with Crippen molar-refractivity contribution in [1.82, 2.24) is 15.5 Å². The SMILES string of the molecule is CN=C(NCCC(C)c1ccc(OC)cc1)NCC1(C(=O)N(C)C)CCCC1. The number of carbonyl (C=O) groups is 1. The van der Waals surface area contributed by atoms with Gasteiger partial charge in [0.25, 0.3) is 0 Å². The highest BCUT2D eigenvalue weighted by molar-refractivity contribution is 5.85. The van der Waals surface area contributed by atoms with Crippen LogP contribution in [0.25, 0.3) is 0 Å². The second-order valence-corrected chi connectivity index (χ2v) is 8.00. The Bertz CT molecular complexity index is 649. The van der Waals surface area contributed by atoms with Gasteiger partial charge in [-0.25, -0.2) is 0 Å². The zero-order valence-corrected chi connectivity index (χ0v) is 18.0. The maximum Gasteiger partial charge on any atom is 0.230 e.